The van der Waals surface area contributed by atoms with Gasteiger partial charge in [0, 0.05) is 21.4 Å². The third-order valence-electron chi connectivity index (χ3n) is 6.03. The molecule has 0 spiro atoms. The Kier molecular flexibility index (Phi) is 4.97. The number of thiophene rings is 1. The van der Waals surface area contributed by atoms with E-state index in [1.807, 2.05) is 11.3 Å². The van der Waals surface area contributed by atoms with Gasteiger partial charge in [-0.2, -0.15) is 0 Å². The second-order valence-corrected chi connectivity index (χ2v) is 9.95. The van der Waals surface area contributed by atoms with Crippen molar-refractivity contribution < 1.29 is 0 Å². The normalized spacial score (nSPS) is 22.0. The Balaban J connectivity index is 2.07. The van der Waals surface area contributed by atoms with Gasteiger partial charge >= 0.3 is 0 Å². The van der Waals surface area contributed by atoms with Crippen molar-refractivity contribution in [2.24, 2.45) is 17.1 Å². The van der Waals surface area contributed by atoms with Crippen LogP contribution in [0.15, 0.2) is 18.9 Å². The average molecular weight is 344 g/mol. The molecule has 2 aliphatic carbocycles. The largest absolute Gasteiger partial charge is 0.402 e. The first-order chi connectivity index (χ1) is 11.3. The van der Waals surface area contributed by atoms with E-state index >= 15 is 0 Å². The zero-order valence-electron chi connectivity index (χ0n) is 15.7. The summed E-state index contributed by atoms with van der Waals surface area (Å²) in [4.78, 5) is 3.06. The molecule has 0 bridgehead atoms. The van der Waals surface area contributed by atoms with E-state index in [-0.39, 0.29) is 0 Å². The molecule has 24 heavy (non-hydrogen) atoms. The van der Waals surface area contributed by atoms with Crippen LogP contribution in [0.3, 0.4) is 0 Å². The summed E-state index contributed by atoms with van der Waals surface area (Å²) in [6.45, 7) is 15.5. The van der Waals surface area contributed by atoms with Crippen LogP contribution < -0.4 is 5.73 Å². The van der Waals surface area contributed by atoms with E-state index in [9.17, 15) is 0 Å². The SMILES string of the molecule is C=C(C)c1c([C@@H](C(=C)N)C2CCCCC2)sc2c1CC(C)(C)CC2. The highest BCUT2D eigenvalue weighted by Crippen LogP contribution is 2.49. The molecule has 1 nitrogen and oxygen atoms in total. The highest BCUT2D eigenvalue weighted by Gasteiger charge is 2.35. The molecule has 0 radical (unpaired) electrons. The molecule has 1 heterocycles. The highest BCUT2D eigenvalue weighted by molar-refractivity contribution is 7.12. The van der Waals surface area contributed by atoms with E-state index in [0.29, 0.717) is 17.3 Å². The third kappa shape index (κ3) is 3.35. The predicted octanol–water partition coefficient (Wildman–Crippen LogP) is 6.43. The summed E-state index contributed by atoms with van der Waals surface area (Å²) in [7, 11) is 0. The van der Waals surface area contributed by atoms with Gasteiger partial charge in [0.05, 0.1) is 0 Å². The van der Waals surface area contributed by atoms with Crippen molar-refractivity contribution in [3.05, 3.63) is 39.7 Å². The van der Waals surface area contributed by atoms with Crippen LogP contribution in [-0.2, 0) is 12.8 Å². The Morgan fingerprint density at radius 3 is 2.46 bits per heavy atom. The lowest BCUT2D eigenvalue weighted by atomic mass is 9.73. The van der Waals surface area contributed by atoms with E-state index in [2.05, 4.69) is 33.9 Å². The van der Waals surface area contributed by atoms with Gasteiger partial charge in [0.15, 0.2) is 0 Å². The molecule has 3 rings (SSSR count). The fraction of sp³-hybridized carbons (Fsp3) is 0.636. The van der Waals surface area contributed by atoms with E-state index in [0.717, 1.165) is 5.70 Å². The van der Waals surface area contributed by atoms with E-state index < -0.39 is 0 Å². The number of fused-ring (bicyclic) bond motifs is 1. The summed E-state index contributed by atoms with van der Waals surface area (Å²) in [6.07, 6.45) is 10.3. The van der Waals surface area contributed by atoms with Crippen molar-refractivity contribution in [1.82, 2.24) is 0 Å². The number of allylic oxidation sites excluding steroid dienone is 2. The number of aryl methyl sites for hydroxylation is 1. The number of hydrogen-bond donors (Lipinski definition) is 1. The Morgan fingerprint density at radius 1 is 1.21 bits per heavy atom. The van der Waals surface area contributed by atoms with E-state index in [1.165, 1.54) is 67.4 Å². The van der Waals surface area contributed by atoms with Crippen LogP contribution >= 0.6 is 11.3 Å². The van der Waals surface area contributed by atoms with Gasteiger partial charge in [-0.05, 0) is 67.1 Å². The van der Waals surface area contributed by atoms with Gasteiger partial charge in [0.2, 0.25) is 0 Å². The molecule has 1 saturated carbocycles. The van der Waals surface area contributed by atoms with Crippen LogP contribution in [0.4, 0.5) is 0 Å². The van der Waals surface area contributed by atoms with Crippen molar-refractivity contribution in [2.75, 3.05) is 0 Å². The van der Waals surface area contributed by atoms with E-state index in [1.54, 1.807) is 10.4 Å². The van der Waals surface area contributed by atoms with E-state index in [4.69, 9.17) is 5.73 Å². The second-order valence-electron chi connectivity index (χ2n) is 8.82. The molecule has 132 valence electrons. The molecule has 2 N–H and O–H groups in total. The molecule has 1 aromatic rings. The summed E-state index contributed by atoms with van der Waals surface area (Å²) in [5.74, 6) is 0.998. The van der Waals surface area contributed by atoms with Crippen LogP contribution in [0.2, 0.25) is 0 Å². The van der Waals surface area contributed by atoms with Crippen molar-refractivity contribution in [3.63, 3.8) is 0 Å². The van der Waals surface area contributed by atoms with Gasteiger partial charge in [-0.1, -0.05) is 46.3 Å². The molecule has 1 fully saturated rings. The van der Waals surface area contributed by atoms with Crippen LogP contribution in [-0.4, -0.2) is 0 Å². The fourth-order valence-corrected chi connectivity index (χ4v) is 6.42. The monoisotopic (exact) mass is 343 g/mol. The van der Waals surface area contributed by atoms with Crippen molar-refractivity contribution >= 4 is 16.9 Å². The number of hydrogen-bond acceptors (Lipinski definition) is 2. The summed E-state index contributed by atoms with van der Waals surface area (Å²) < 4.78 is 0. The van der Waals surface area contributed by atoms with Gasteiger partial charge in [0.1, 0.15) is 0 Å². The molecule has 0 amide bonds. The van der Waals surface area contributed by atoms with Gasteiger partial charge in [-0.25, -0.2) is 0 Å². The lowest BCUT2D eigenvalue weighted by molar-refractivity contribution is 0.317. The quantitative estimate of drug-likeness (QED) is 0.669. The standard InChI is InChI=1S/C22H33NS/c1-14(2)19-17-13-22(4,5)12-11-18(17)24-21(19)20(15(3)23)16-9-7-6-8-10-16/h16,20H,1,3,6-13,23H2,2,4-5H3/t20-/m0/s1. The molecule has 2 heteroatoms. The minimum Gasteiger partial charge on any atom is -0.402 e. The zero-order chi connectivity index (χ0) is 17.5. The van der Waals surface area contributed by atoms with Crippen LogP contribution in [0.25, 0.3) is 5.57 Å². The molecule has 0 saturated heterocycles. The van der Waals surface area contributed by atoms with Gasteiger partial charge in [-0.3, -0.25) is 0 Å². The Labute approximate surface area is 152 Å². The van der Waals surface area contributed by atoms with Gasteiger partial charge < -0.3 is 5.73 Å². The Morgan fingerprint density at radius 2 is 1.88 bits per heavy atom. The van der Waals surface area contributed by atoms with Crippen LogP contribution in [0, 0.1) is 11.3 Å². The summed E-state index contributed by atoms with van der Waals surface area (Å²) in [5.41, 5.74) is 11.8. The number of nitrogens with two attached hydrogens (primary N) is 1. The van der Waals surface area contributed by atoms with Crippen molar-refractivity contribution in [2.45, 2.75) is 78.1 Å². The first-order valence-corrected chi connectivity index (χ1v) is 10.4. The predicted molar refractivity (Wildman–Crippen MR) is 107 cm³/mol. The molecule has 2 aliphatic rings. The maximum absolute atomic E-state index is 6.36. The highest BCUT2D eigenvalue weighted by atomic mass is 32.1. The molecular weight excluding hydrogens is 310 g/mol. The lowest BCUT2D eigenvalue weighted by Crippen LogP contribution is -2.23. The van der Waals surface area contributed by atoms with Gasteiger partial charge in [0.25, 0.3) is 0 Å². The Bertz CT molecular complexity index is 643. The first kappa shape index (κ1) is 17.8. The van der Waals surface area contributed by atoms with Crippen LogP contribution in [0.1, 0.15) is 86.1 Å². The van der Waals surface area contributed by atoms with Crippen molar-refractivity contribution in [3.8, 4) is 0 Å². The minimum atomic E-state index is 0.329. The smallest absolute Gasteiger partial charge is 0.0358 e. The summed E-state index contributed by atoms with van der Waals surface area (Å²) in [6, 6.07) is 0. The average Bonchev–Trinajstić information content (AvgIpc) is 2.85. The molecule has 0 aliphatic heterocycles. The maximum atomic E-state index is 6.36. The number of rotatable bonds is 4. The molecule has 1 atom stereocenters. The summed E-state index contributed by atoms with van der Waals surface area (Å²) >= 11 is 2.02. The lowest BCUT2D eigenvalue weighted by Gasteiger charge is -2.31. The summed E-state index contributed by atoms with van der Waals surface area (Å²) in [5, 5.41) is 0. The van der Waals surface area contributed by atoms with Crippen molar-refractivity contribution in [1.29, 1.82) is 0 Å². The topological polar surface area (TPSA) is 26.0 Å². The first-order valence-electron chi connectivity index (χ1n) is 9.55. The zero-order valence-corrected chi connectivity index (χ0v) is 16.5. The molecular formula is C22H33NS. The van der Waals surface area contributed by atoms with Crippen LogP contribution in [0.5, 0.6) is 0 Å². The van der Waals surface area contributed by atoms with Gasteiger partial charge in [-0.15, -0.1) is 11.3 Å². The molecule has 1 aromatic heterocycles. The Hall–Kier alpha value is -1.02. The minimum absolute atomic E-state index is 0.329. The molecule has 0 aromatic carbocycles. The third-order valence-corrected chi connectivity index (χ3v) is 7.41. The molecule has 0 unspecified atom stereocenters. The second kappa shape index (κ2) is 6.71. The fourth-order valence-electron chi connectivity index (χ4n) is 4.78. The maximum Gasteiger partial charge on any atom is 0.0358 e.